The number of anilines is 1. The largest absolute Gasteiger partial charge is 0.497 e. The van der Waals surface area contributed by atoms with Crippen LogP contribution in [0.25, 0.3) is 0 Å². The molecule has 0 bridgehead atoms. The van der Waals surface area contributed by atoms with E-state index in [2.05, 4.69) is 5.32 Å². The Hall–Kier alpha value is -3.07. The molecule has 0 fully saturated rings. The summed E-state index contributed by atoms with van der Waals surface area (Å²) in [7, 11) is -1.94. The summed E-state index contributed by atoms with van der Waals surface area (Å²) in [5.74, 6) is 0.280. The van der Waals surface area contributed by atoms with E-state index in [9.17, 15) is 18.0 Å². The van der Waals surface area contributed by atoms with Crippen molar-refractivity contribution < 1.29 is 22.7 Å². The molecule has 1 atom stereocenters. The third kappa shape index (κ3) is 8.26. The number of sulfonamides is 1. The average Bonchev–Trinajstić information content (AvgIpc) is 2.84. The highest BCUT2D eigenvalue weighted by Gasteiger charge is 2.26. The van der Waals surface area contributed by atoms with Crippen LogP contribution in [-0.4, -0.2) is 57.6 Å². The van der Waals surface area contributed by atoms with Crippen LogP contribution in [0.15, 0.2) is 42.5 Å². The summed E-state index contributed by atoms with van der Waals surface area (Å²) in [4.78, 5) is 27.5. The number of nitrogens with zero attached hydrogens (tertiary/aromatic N) is 2. The van der Waals surface area contributed by atoms with Crippen LogP contribution in [0, 0.1) is 13.8 Å². The molecule has 0 aliphatic heterocycles. The first kappa shape index (κ1) is 29.2. The molecule has 2 aromatic carbocycles. The van der Waals surface area contributed by atoms with Crippen LogP contribution >= 0.6 is 0 Å². The molecule has 9 heteroatoms. The first-order valence-corrected chi connectivity index (χ1v) is 14.1. The highest BCUT2D eigenvalue weighted by atomic mass is 32.2. The Morgan fingerprint density at radius 2 is 1.72 bits per heavy atom. The molecule has 0 heterocycles. The third-order valence-corrected chi connectivity index (χ3v) is 7.35. The van der Waals surface area contributed by atoms with Crippen molar-refractivity contribution in [2.24, 2.45) is 0 Å². The van der Waals surface area contributed by atoms with Gasteiger partial charge in [0.15, 0.2) is 0 Å². The number of rotatable bonds is 13. The molecule has 2 amide bonds. The molecular formula is C27H39N3O5S. The van der Waals surface area contributed by atoms with Gasteiger partial charge in [0, 0.05) is 26.1 Å². The molecule has 0 aliphatic rings. The standard InChI is InChI=1S/C27H39N3O5S/c1-7-16-28-27(32)22(4)29(19-23-11-14-25(35-5)15-12-23)26(31)9-8-17-30(36(6,33)34)24-13-10-20(2)21(3)18-24/h10-15,18,22H,7-9,16-17,19H2,1-6H3,(H,28,32)/t22-/m1/s1. The number of carbonyl (C=O) groups is 2. The predicted octanol–water partition coefficient (Wildman–Crippen LogP) is 3.80. The summed E-state index contributed by atoms with van der Waals surface area (Å²) < 4.78 is 31.5. The smallest absolute Gasteiger partial charge is 0.242 e. The first-order valence-electron chi connectivity index (χ1n) is 12.2. The number of carbonyl (C=O) groups excluding carboxylic acids is 2. The van der Waals surface area contributed by atoms with Crippen molar-refractivity contribution in [3.63, 3.8) is 0 Å². The van der Waals surface area contributed by atoms with E-state index in [1.807, 2.05) is 57.2 Å². The fourth-order valence-corrected chi connectivity index (χ4v) is 4.75. The molecule has 0 saturated heterocycles. The van der Waals surface area contributed by atoms with Gasteiger partial charge in [0.2, 0.25) is 21.8 Å². The van der Waals surface area contributed by atoms with Gasteiger partial charge in [0.1, 0.15) is 11.8 Å². The van der Waals surface area contributed by atoms with Gasteiger partial charge >= 0.3 is 0 Å². The molecule has 1 N–H and O–H groups in total. The molecule has 36 heavy (non-hydrogen) atoms. The average molecular weight is 518 g/mol. The lowest BCUT2D eigenvalue weighted by Gasteiger charge is -2.29. The summed E-state index contributed by atoms with van der Waals surface area (Å²) in [6.07, 6.45) is 2.39. The van der Waals surface area contributed by atoms with Crippen LogP contribution in [0.3, 0.4) is 0 Å². The molecular weight excluding hydrogens is 478 g/mol. The van der Waals surface area contributed by atoms with E-state index < -0.39 is 16.1 Å². The number of ether oxygens (including phenoxy) is 1. The number of amides is 2. The fourth-order valence-electron chi connectivity index (χ4n) is 3.79. The van der Waals surface area contributed by atoms with Crippen LogP contribution in [0.1, 0.15) is 49.8 Å². The normalized spacial score (nSPS) is 12.1. The predicted molar refractivity (Wildman–Crippen MR) is 144 cm³/mol. The van der Waals surface area contributed by atoms with E-state index >= 15 is 0 Å². The maximum atomic E-state index is 13.3. The zero-order chi connectivity index (χ0) is 26.9. The SMILES string of the molecule is CCCNC(=O)[C@@H](C)N(Cc1ccc(OC)cc1)C(=O)CCCN(c1ccc(C)c(C)c1)S(C)(=O)=O. The minimum absolute atomic E-state index is 0.110. The van der Waals surface area contributed by atoms with Crippen molar-refractivity contribution >= 4 is 27.5 Å². The van der Waals surface area contributed by atoms with E-state index in [1.54, 1.807) is 25.0 Å². The van der Waals surface area contributed by atoms with Crippen LogP contribution in [0.2, 0.25) is 0 Å². The second-order valence-electron chi connectivity index (χ2n) is 9.04. The third-order valence-electron chi connectivity index (χ3n) is 6.16. The molecule has 0 saturated carbocycles. The van der Waals surface area contributed by atoms with Gasteiger partial charge in [-0.05, 0) is 74.6 Å². The summed E-state index contributed by atoms with van der Waals surface area (Å²) in [5, 5.41) is 2.86. The van der Waals surface area contributed by atoms with Crippen molar-refractivity contribution in [3.8, 4) is 5.75 Å². The molecule has 8 nitrogen and oxygen atoms in total. The maximum Gasteiger partial charge on any atom is 0.242 e. The Balaban J connectivity index is 2.17. The Bertz CT molecular complexity index is 1130. The quantitative estimate of drug-likeness (QED) is 0.436. The first-order chi connectivity index (χ1) is 17.0. The molecule has 0 spiro atoms. The monoisotopic (exact) mass is 517 g/mol. The lowest BCUT2D eigenvalue weighted by Crippen LogP contribution is -2.47. The van der Waals surface area contributed by atoms with Gasteiger partial charge in [0.25, 0.3) is 0 Å². The van der Waals surface area contributed by atoms with Crippen molar-refractivity contribution in [1.29, 1.82) is 0 Å². The van der Waals surface area contributed by atoms with Gasteiger partial charge in [-0.15, -0.1) is 0 Å². The topological polar surface area (TPSA) is 96.0 Å². The van der Waals surface area contributed by atoms with Gasteiger partial charge < -0.3 is 15.0 Å². The highest BCUT2D eigenvalue weighted by Crippen LogP contribution is 2.22. The molecule has 2 aromatic rings. The lowest BCUT2D eigenvalue weighted by atomic mass is 10.1. The molecule has 0 unspecified atom stereocenters. The molecule has 0 aromatic heterocycles. The van der Waals surface area contributed by atoms with E-state index in [0.717, 1.165) is 23.1 Å². The van der Waals surface area contributed by atoms with Gasteiger partial charge in [-0.2, -0.15) is 0 Å². The molecule has 0 radical (unpaired) electrons. The number of hydrogen-bond acceptors (Lipinski definition) is 5. The Morgan fingerprint density at radius 1 is 1.06 bits per heavy atom. The number of nitrogens with one attached hydrogen (secondary N) is 1. The van der Waals surface area contributed by atoms with Gasteiger partial charge in [-0.1, -0.05) is 25.1 Å². The van der Waals surface area contributed by atoms with E-state index in [4.69, 9.17) is 4.74 Å². The van der Waals surface area contributed by atoms with Crippen molar-refractivity contribution in [3.05, 3.63) is 59.2 Å². The van der Waals surface area contributed by atoms with E-state index in [1.165, 1.54) is 10.6 Å². The van der Waals surface area contributed by atoms with Crippen molar-refractivity contribution in [2.75, 3.05) is 30.8 Å². The Kier molecular flexibility index (Phi) is 10.8. The maximum absolute atomic E-state index is 13.3. The Labute approximate surface area is 215 Å². The zero-order valence-electron chi connectivity index (χ0n) is 22.2. The van der Waals surface area contributed by atoms with E-state index in [-0.39, 0.29) is 31.3 Å². The highest BCUT2D eigenvalue weighted by molar-refractivity contribution is 7.92. The molecule has 0 aliphatic carbocycles. The molecule has 2 rings (SSSR count). The van der Waals surface area contributed by atoms with Crippen LogP contribution in [0.5, 0.6) is 5.75 Å². The lowest BCUT2D eigenvalue weighted by molar-refractivity contribution is -0.140. The van der Waals surface area contributed by atoms with Crippen LogP contribution in [-0.2, 0) is 26.2 Å². The minimum atomic E-state index is -3.53. The van der Waals surface area contributed by atoms with Crippen LogP contribution < -0.4 is 14.4 Å². The second-order valence-corrected chi connectivity index (χ2v) is 11.0. The number of hydrogen-bond donors (Lipinski definition) is 1. The van der Waals surface area contributed by atoms with E-state index in [0.29, 0.717) is 24.4 Å². The summed E-state index contributed by atoms with van der Waals surface area (Å²) in [5.41, 5.74) is 3.52. The zero-order valence-corrected chi connectivity index (χ0v) is 23.0. The Morgan fingerprint density at radius 3 is 2.28 bits per heavy atom. The number of aryl methyl sites for hydroxylation is 2. The minimum Gasteiger partial charge on any atom is -0.497 e. The number of benzene rings is 2. The summed E-state index contributed by atoms with van der Waals surface area (Å²) in [6.45, 7) is 8.55. The van der Waals surface area contributed by atoms with Gasteiger partial charge in [0.05, 0.1) is 19.1 Å². The molecule has 198 valence electrons. The number of methoxy groups -OCH3 is 1. The van der Waals surface area contributed by atoms with Crippen molar-refractivity contribution in [1.82, 2.24) is 10.2 Å². The van der Waals surface area contributed by atoms with Gasteiger partial charge in [-0.25, -0.2) is 8.42 Å². The summed E-state index contributed by atoms with van der Waals surface area (Å²) in [6, 6.07) is 12.2. The second kappa shape index (κ2) is 13.3. The van der Waals surface area contributed by atoms with Crippen molar-refractivity contribution in [2.45, 2.75) is 59.5 Å². The fraction of sp³-hybridized carbons (Fsp3) is 0.481. The van der Waals surface area contributed by atoms with Gasteiger partial charge in [-0.3, -0.25) is 13.9 Å². The summed E-state index contributed by atoms with van der Waals surface area (Å²) >= 11 is 0. The van der Waals surface area contributed by atoms with Crippen LogP contribution in [0.4, 0.5) is 5.69 Å².